The summed E-state index contributed by atoms with van der Waals surface area (Å²) in [5, 5.41) is 0. The molecule has 0 spiro atoms. The van der Waals surface area contributed by atoms with Crippen molar-refractivity contribution in [2.75, 3.05) is 6.54 Å². The average Bonchev–Trinajstić information content (AvgIpc) is 2.23. The molecule has 0 atom stereocenters. The van der Waals surface area contributed by atoms with Gasteiger partial charge >= 0.3 is 0 Å². The van der Waals surface area contributed by atoms with E-state index in [0.29, 0.717) is 0 Å². The summed E-state index contributed by atoms with van der Waals surface area (Å²) in [6, 6.07) is 8.28. The third kappa shape index (κ3) is 1.41. The molecule has 1 nitrogen and oxygen atoms in total. The van der Waals surface area contributed by atoms with Crippen LogP contribution in [-0.4, -0.2) is 12.3 Å². The van der Waals surface area contributed by atoms with Crippen molar-refractivity contribution in [1.29, 1.82) is 0 Å². The average molecular weight is 183 g/mol. The maximum atomic E-state index is 4.47. The van der Waals surface area contributed by atoms with Crippen molar-refractivity contribution in [3.8, 4) is 0 Å². The second-order valence-corrected chi connectivity index (χ2v) is 3.27. The van der Waals surface area contributed by atoms with Crippen molar-refractivity contribution < 1.29 is 0 Å². The fourth-order valence-electron chi connectivity index (χ4n) is 1.65. The molecular weight excluding hydrogens is 170 g/mol. The number of allylic oxidation sites excluding steroid dienone is 2. The monoisotopic (exact) mass is 183 g/mol. The molecule has 0 aromatic heterocycles. The van der Waals surface area contributed by atoms with Crippen LogP contribution in [0, 0.1) is 0 Å². The van der Waals surface area contributed by atoms with Crippen LogP contribution in [0.2, 0.25) is 0 Å². The van der Waals surface area contributed by atoms with E-state index in [1.165, 1.54) is 11.1 Å². The normalized spacial score (nSPS) is 17.2. The molecule has 2 rings (SSSR count). The van der Waals surface area contributed by atoms with Crippen LogP contribution in [0.25, 0.3) is 6.08 Å². The highest BCUT2D eigenvalue weighted by Crippen LogP contribution is 2.21. The number of aliphatic imine (C=N–C) groups is 1. The minimum absolute atomic E-state index is 0.802. The molecule has 0 aliphatic heterocycles. The van der Waals surface area contributed by atoms with E-state index >= 15 is 0 Å². The third-order valence-electron chi connectivity index (χ3n) is 2.30. The van der Waals surface area contributed by atoms with E-state index in [2.05, 4.69) is 29.8 Å². The maximum absolute atomic E-state index is 4.47. The Labute approximate surface area is 84.5 Å². The van der Waals surface area contributed by atoms with Crippen molar-refractivity contribution in [3.63, 3.8) is 0 Å². The van der Waals surface area contributed by atoms with E-state index in [1.807, 2.05) is 25.1 Å². The Morgan fingerprint density at radius 1 is 1.21 bits per heavy atom. The lowest BCUT2D eigenvalue weighted by Gasteiger charge is -2.14. The molecule has 14 heavy (non-hydrogen) atoms. The lowest BCUT2D eigenvalue weighted by Crippen LogP contribution is -2.08. The predicted octanol–water partition coefficient (Wildman–Crippen LogP) is 3.08. The molecular formula is C13H13N. The summed E-state index contributed by atoms with van der Waals surface area (Å²) in [7, 11) is 0. The Bertz CT molecular complexity index is 425. The van der Waals surface area contributed by atoms with E-state index < -0.39 is 0 Å². The standard InChI is InChI=1S/C13H13N/c1-3-14-13-10(2)8-9-11-6-4-5-7-12(11)13/h4-9H,2-3H2,1H3. The minimum atomic E-state index is 0.802. The van der Waals surface area contributed by atoms with Crippen molar-refractivity contribution in [3.05, 3.63) is 53.6 Å². The molecule has 0 bridgehead atoms. The molecule has 1 aromatic carbocycles. The zero-order valence-corrected chi connectivity index (χ0v) is 8.33. The highest BCUT2D eigenvalue weighted by molar-refractivity contribution is 6.18. The topological polar surface area (TPSA) is 12.4 Å². The van der Waals surface area contributed by atoms with Gasteiger partial charge in [0.25, 0.3) is 0 Å². The summed E-state index contributed by atoms with van der Waals surface area (Å²) in [4.78, 5) is 4.47. The van der Waals surface area contributed by atoms with Crippen molar-refractivity contribution in [2.45, 2.75) is 6.92 Å². The van der Waals surface area contributed by atoms with Crippen LogP contribution in [0.3, 0.4) is 0 Å². The SMILES string of the molecule is C=C1C=Cc2ccccc2C1=NCC. The fourth-order valence-corrected chi connectivity index (χ4v) is 1.65. The van der Waals surface area contributed by atoms with Gasteiger partial charge in [-0.1, -0.05) is 43.0 Å². The second kappa shape index (κ2) is 3.62. The molecule has 0 amide bonds. The molecule has 70 valence electrons. The third-order valence-corrected chi connectivity index (χ3v) is 2.30. The largest absolute Gasteiger partial charge is 0.284 e. The van der Waals surface area contributed by atoms with Crippen molar-refractivity contribution in [2.24, 2.45) is 4.99 Å². The van der Waals surface area contributed by atoms with Gasteiger partial charge in [0.05, 0.1) is 5.71 Å². The second-order valence-electron chi connectivity index (χ2n) is 3.27. The zero-order valence-electron chi connectivity index (χ0n) is 8.33. The molecule has 0 unspecified atom stereocenters. The lowest BCUT2D eigenvalue weighted by atomic mass is 9.92. The summed E-state index contributed by atoms with van der Waals surface area (Å²) in [6.07, 6.45) is 4.11. The molecule has 0 heterocycles. The number of rotatable bonds is 1. The predicted molar refractivity (Wildman–Crippen MR) is 61.7 cm³/mol. The van der Waals surface area contributed by atoms with Gasteiger partial charge in [-0.05, 0) is 18.1 Å². The molecule has 1 aromatic rings. The van der Waals surface area contributed by atoms with Crippen LogP contribution in [-0.2, 0) is 0 Å². The van der Waals surface area contributed by atoms with Gasteiger partial charge < -0.3 is 0 Å². The van der Waals surface area contributed by atoms with Crippen LogP contribution in [0.1, 0.15) is 18.1 Å². The van der Waals surface area contributed by atoms with Crippen LogP contribution >= 0.6 is 0 Å². The Morgan fingerprint density at radius 2 is 2.00 bits per heavy atom. The summed E-state index contributed by atoms with van der Waals surface area (Å²) in [5.74, 6) is 0. The van der Waals surface area contributed by atoms with Gasteiger partial charge in [0, 0.05) is 12.1 Å². The zero-order chi connectivity index (χ0) is 9.97. The Kier molecular flexibility index (Phi) is 2.32. The van der Waals surface area contributed by atoms with Crippen LogP contribution in [0.4, 0.5) is 0 Å². The quantitative estimate of drug-likeness (QED) is 0.634. The van der Waals surface area contributed by atoms with Gasteiger partial charge in [0.15, 0.2) is 0 Å². The highest BCUT2D eigenvalue weighted by Gasteiger charge is 2.12. The molecule has 0 radical (unpaired) electrons. The Morgan fingerprint density at radius 3 is 2.79 bits per heavy atom. The van der Waals surface area contributed by atoms with E-state index in [0.717, 1.165) is 17.8 Å². The van der Waals surface area contributed by atoms with Gasteiger partial charge in [-0.2, -0.15) is 0 Å². The molecule has 1 heteroatoms. The minimum Gasteiger partial charge on any atom is -0.284 e. The Hall–Kier alpha value is -1.63. The first kappa shape index (κ1) is 8.95. The van der Waals surface area contributed by atoms with Gasteiger partial charge in [0.1, 0.15) is 0 Å². The van der Waals surface area contributed by atoms with E-state index in [-0.39, 0.29) is 0 Å². The molecule has 0 fully saturated rings. The molecule has 0 saturated heterocycles. The van der Waals surface area contributed by atoms with Gasteiger partial charge in [0.2, 0.25) is 0 Å². The molecule has 1 aliphatic rings. The number of hydrogen-bond acceptors (Lipinski definition) is 1. The van der Waals surface area contributed by atoms with Crippen LogP contribution < -0.4 is 0 Å². The van der Waals surface area contributed by atoms with Crippen LogP contribution in [0.5, 0.6) is 0 Å². The first-order valence-electron chi connectivity index (χ1n) is 4.84. The molecule has 1 aliphatic carbocycles. The number of nitrogens with zero attached hydrogens (tertiary/aromatic N) is 1. The van der Waals surface area contributed by atoms with Gasteiger partial charge in [-0.25, -0.2) is 0 Å². The summed E-state index contributed by atoms with van der Waals surface area (Å²) in [6.45, 7) is 6.84. The summed E-state index contributed by atoms with van der Waals surface area (Å²) in [5.41, 5.74) is 4.46. The Balaban J connectivity index is 2.59. The highest BCUT2D eigenvalue weighted by atomic mass is 14.7. The molecule has 0 N–H and O–H groups in total. The van der Waals surface area contributed by atoms with Crippen molar-refractivity contribution in [1.82, 2.24) is 0 Å². The fraction of sp³-hybridized carbons (Fsp3) is 0.154. The van der Waals surface area contributed by atoms with E-state index in [1.54, 1.807) is 0 Å². The molecule has 0 saturated carbocycles. The summed E-state index contributed by atoms with van der Waals surface area (Å²) >= 11 is 0. The van der Waals surface area contributed by atoms with Crippen LogP contribution in [0.15, 0.2) is 47.5 Å². The summed E-state index contributed by atoms with van der Waals surface area (Å²) < 4.78 is 0. The maximum Gasteiger partial charge on any atom is 0.0718 e. The first-order valence-corrected chi connectivity index (χ1v) is 4.84. The number of fused-ring (bicyclic) bond motifs is 1. The van der Waals surface area contributed by atoms with E-state index in [9.17, 15) is 0 Å². The first-order chi connectivity index (χ1) is 6.83. The van der Waals surface area contributed by atoms with Gasteiger partial charge in [-0.3, -0.25) is 4.99 Å². The number of benzene rings is 1. The van der Waals surface area contributed by atoms with Gasteiger partial charge in [-0.15, -0.1) is 0 Å². The van der Waals surface area contributed by atoms with Crippen molar-refractivity contribution >= 4 is 11.8 Å². The number of hydrogen-bond donors (Lipinski definition) is 0. The van der Waals surface area contributed by atoms with E-state index in [4.69, 9.17) is 0 Å². The smallest absolute Gasteiger partial charge is 0.0718 e. The lowest BCUT2D eigenvalue weighted by molar-refractivity contribution is 1.13.